The maximum absolute atomic E-state index is 11.0. The second-order valence-electron chi connectivity index (χ2n) is 2.67. The summed E-state index contributed by atoms with van der Waals surface area (Å²) in [6.07, 6.45) is 3.56. The number of rotatable bonds is 1. The van der Waals surface area contributed by atoms with Gasteiger partial charge in [0.15, 0.2) is 0 Å². The number of carbonyl (C=O) groups excluding carboxylic acids is 1. The average molecular weight is 167 g/mol. The summed E-state index contributed by atoms with van der Waals surface area (Å²) < 4.78 is 0. The van der Waals surface area contributed by atoms with E-state index in [1.807, 2.05) is 6.08 Å². The van der Waals surface area contributed by atoms with Crippen molar-refractivity contribution in [2.75, 3.05) is 6.67 Å². The van der Waals surface area contributed by atoms with E-state index in [0.29, 0.717) is 6.67 Å². The summed E-state index contributed by atoms with van der Waals surface area (Å²) in [7, 11) is 0. The predicted octanol–water partition coefficient (Wildman–Crippen LogP) is -0.960. The Morgan fingerprint density at radius 2 is 2.50 bits per heavy atom. The third-order valence-electron chi connectivity index (χ3n) is 2.01. The molecule has 0 aromatic heterocycles. The van der Waals surface area contributed by atoms with Gasteiger partial charge in [-0.25, -0.2) is 5.48 Å². The van der Waals surface area contributed by atoms with Gasteiger partial charge in [0, 0.05) is 0 Å². The molecule has 64 valence electrons. The van der Waals surface area contributed by atoms with Crippen LogP contribution in [0, 0.1) is 5.92 Å². The van der Waals surface area contributed by atoms with E-state index in [0.717, 1.165) is 11.4 Å². The molecule has 0 bridgehead atoms. The molecule has 2 rings (SSSR count). The summed E-state index contributed by atoms with van der Waals surface area (Å²) in [4.78, 5) is 11.0. The van der Waals surface area contributed by atoms with Crippen LogP contribution < -0.4 is 16.1 Å². The summed E-state index contributed by atoms with van der Waals surface area (Å²) in [6.45, 7) is 0.643. The van der Waals surface area contributed by atoms with Crippen LogP contribution in [0.4, 0.5) is 0 Å². The molecule has 4 N–H and O–H groups in total. The van der Waals surface area contributed by atoms with Crippen molar-refractivity contribution in [3.8, 4) is 0 Å². The minimum atomic E-state index is -0.410. The lowest BCUT2D eigenvalue weighted by molar-refractivity contribution is -0.130. The van der Waals surface area contributed by atoms with Gasteiger partial charge in [0.05, 0.1) is 18.1 Å². The van der Waals surface area contributed by atoms with Crippen LogP contribution in [0.5, 0.6) is 0 Å². The fourth-order valence-corrected chi connectivity index (χ4v) is 1.43. The number of allylic oxidation sites excluding steroid dienone is 1. The van der Waals surface area contributed by atoms with Crippen LogP contribution in [0.2, 0.25) is 0 Å². The fraction of sp³-hybridized carbons (Fsp3) is 0.286. The third-order valence-corrected chi connectivity index (χ3v) is 2.01. The van der Waals surface area contributed by atoms with Crippen molar-refractivity contribution in [3.63, 3.8) is 0 Å². The van der Waals surface area contributed by atoms with Crippen LogP contribution in [-0.4, -0.2) is 17.8 Å². The number of hydroxylamine groups is 1. The zero-order valence-electron chi connectivity index (χ0n) is 6.29. The van der Waals surface area contributed by atoms with Crippen molar-refractivity contribution in [1.82, 2.24) is 16.1 Å². The Balaban J connectivity index is 2.20. The van der Waals surface area contributed by atoms with E-state index in [1.54, 1.807) is 11.6 Å². The first-order valence-corrected chi connectivity index (χ1v) is 3.67. The molecule has 0 aromatic rings. The lowest BCUT2D eigenvalue weighted by atomic mass is 10.1. The SMILES string of the molecule is O=C(NO)C1C=CC2=C1NCN2. The molecule has 1 aliphatic heterocycles. The monoisotopic (exact) mass is 167 g/mol. The van der Waals surface area contributed by atoms with Gasteiger partial charge in [0.2, 0.25) is 0 Å². The van der Waals surface area contributed by atoms with Gasteiger partial charge in [0.25, 0.3) is 5.91 Å². The van der Waals surface area contributed by atoms with Gasteiger partial charge in [-0.05, 0) is 6.08 Å². The second kappa shape index (κ2) is 2.53. The van der Waals surface area contributed by atoms with Crippen molar-refractivity contribution < 1.29 is 10.0 Å². The molecule has 2 aliphatic rings. The van der Waals surface area contributed by atoms with Crippen LogP contribution in [0.3, 0.4) is 0 Å². The topological polar surface area (TPSA) is 73.4 Å². The first-order valence-electron chi connectivity index (χ1n) is 3.67. The zero-order chi connectivity index (χ0) is 8.55. The molecular formula is C7H9N3O2. The number of nitrogens with one attached hydrogen (secondary N) is 3. The molecule has 5 nitrogen and oxygen atoms in total. The molecule has 0 aromatic carbocycles. The lowest BCUT2D eigenvalue weighted by Gasteiger charge is -2.08. The number of hydrogen-bond acceptors (Lipinski definition) is 4. The molecule has 1 atom stereocenters. The maximum Gasteiger partial charge on any atom is 0.256 e. The minimum Gasteiger partial charge on any atom is -0.369 e. The Kier molecular flexibility index (Phi) is 1.51. The summed E-state index contributed by atoms with van der Waals surface area (Å²) in [5, 5.41) is 14.5. The van der Waals surface area contributed by atoms with Crippen LogP contribution >= 0.6 is 0 Å². The van der Waals surface area contributed by atoms with Gasteiger partial charge >= 0.3 is 0 Å². The lowest BCUT2D eigenvalue weighted by Crippen LogP contribution is -2.30. The predicted molar refractivity (Wildman–Crippen MR) is 40.7 cm³/mol. The molecule has 1 unspecified atom stereocenters. The summed E-state index contributed by atoms with van der Waals surface area (Å²) >= 11 is 0. The molecule has 5 heteroatoms. The number of hydrogen-bond donors (Lipinski definition) is 4. The smallest absolute Gasteiger partial charge is 0.256 e. The Morgan fingerprint density at radius 3 is 3.25 bits per heavy atom. The van der Waals surface area contributed by atoms with E-state index in [-0.39, 0.29) is 5.92 Å². The first-order chi connectivity index (χ1) is 5.83. The van der Waals surface area contributed by atoms with Crippen molar-refractivity contribution in [2.24, 2.45) is 5.92 Å². The van der Waals surface area contributed by atoms with Gasteiger partial charge < -0.3 is 10.6 Å². The number of carbonyl (C=O) groups is 1. The first kappa shape index (κ1) is 7.17. The van der Waals surface area contributed by atoms with E-state index >= 15 is 0 Å². The van der Waals surface area contributed by atoms with Crippen LogP contribution in [-0.2, 0) is 4.79 Å². The minimum absolute atomic E-state index is 0.375. The Hall–Kier alpha value is -1.49. The Bertz CT molecular complexity index is 282. The van der Waals surface area contributed by atoms with E-state index in [2.05, 4.69) is 10.6 Å². The van der Waals surface area contributed by atoms with Gasteiger partial charge in [-0.2, -0.15) is 0 Å². The second-order valence-corrected chi connectivity index (χ2v) is 2.67. The van der Waals surface area contributed by atoms with E-state index in [1.165, 1.54) is 0 Å². The summed E-state index contributed by atoms with van der Waals surface area (Å²) in [6, 6.07) is 0. The summed E-state index contributed by atoms with van der Waals surface area (Å²) in [5.74, 6) is -0.785. The van der Waals surface area contributed by atoms with Crippen molar-refractivity contribution >= 4 is 5.91 Å². The third kappa shape index (κ3) is 0.868. The van der Waals surface area contributed by atoms with Crippen LogP contribution in [0.1, 0.15) is 0 Å². The van der Waals surface area contributed by atoms with E-state index < -0.39 is 5.91 Å². The largest absolute Gasteiger partial charge is 0.369 e. The highest BCUT2D eigenvalue weighted by Gasteiger charge is 2.29. The molecule has 0 saturated carbocycles. The van der Waals surface area contributed by atoms with Crippen LogP contribution in [0.25, 0.3) is 0 Å². The van der Waals surface area contributed by atoms with Crippen molar-refractivity contribution in [3.05, 3.63) is 23.5 Å². The maximum atomic E-state index is 11.0. The van der Waals surface area contributed by atoms with Gasteiger partial charge in [0.1, 0.15) is 5.92 Å². The molecule has 0 saturated heterocycles. The molecular weight excluding hydrogens is 158 g/mol. The highest BCUT2D eigenvalue weighted by molar-refractivity contribution is 5.84. The summed E-state index contributed by atoms with van der Waals surface area (Å²) in [5.41, 5.74) is 3.40. The Morgan fingerprint density at radius 1 is 1.67 bits per heavy atom. The highest BCUT2D eigenvalue weighted by Crippen LogP contribution is 2.23. The molecule has 1 heterocycles. The standard InChI is InChI=1S/C7H9N3O2/c11-7(10-12)4-1-2-5-6(4)9-3-8-5/h1-2,4,8-9,12H,3H2,(H,10,11). The average Bonchev–Trinajstić information content (AvgIpc) is 2.62. The molecule has 1 amide bonds. The molecule has 12 heavy (non-hydrogen) atoms. The van der Waals surface area contributed by atoms with Crippen molar-refractivity contribution in [1.29, 1.82) is 0 Å². The van der Waals surface area contributed by atoms with E-state index in [4.69, 9.17) is 5.21 Å². The zero-order valence-corrected chi connectivity index (χ0v) is 6.29. The quantitative estimate of drug-likeness (QED) is 0.300. The van der Waals surface area contributed by atoms with Gasteiger partial charge in [-0.3, -0.25) is 10.0 Å². The normalized spacial score (nSPS) is 24.9. The molecule has 0 spiro atoms. The van der Waals surface area contributed by atoms with Crippen LogP contribution in [0.15, 0.2) is 23.5 Å². The Labute approximate surface area is 69.1 Å². The van der Waals surface area contributed by atoms with E-state index in [9.17, 15) is 4.79 Å². The molecule has 0 fully saturated rings. The molecule has 0 radical (unpaired) electrons. The fourth-order valence-electron chi connectivity index (χ4n) is 1.43. The highest BCUT2D eigenvalue weighted by atomic mass is 16.5. The van der Waals surface area contributed by atoms with Gasteiger partial charge in [-0.15, -0.1) is 0 Å². The molecule has 1 aliphatic carbocycles. The van der Waals surface area contributed by atoms with Gasteiger partial charge in [-0.1, -0.05) is 6.08 Å². The van der Waals surface area contributed by atoms with Crippen molar-refractivity contribution in [2.45, 2.75) is 0 Å². The number of amides is 1.